The Hall–Kier alpha value is -3.10. The monoisotopic (exact) mass is 457 g/mol. The first-order valence-electron chi connectivity index (χ1n) is 10.4. The lowest BCUT2D eigenvalue weighted by Gasteiger charge is -2.18. The van der Waals surface area contributed by atoms with Crippen LogP contribution < -0.4 is 9.47 Å². The molecular weight excluding hydrogens is 434 g/mol. The van der Waals surface area contributed by atoms with Crippen molar-refractivity contribution in [3.63, 3.8) is 0 Å². The average Bonchev–Trinajstić information content (AvgIpc) is 3.15. The van der Waals surface area contributed by atoms with E-state index in [0.717, 1.165) is 16.9 Å². The normalized spacial score (nSPS) is 14.0. The van der Waals surface area contributed by atoms with Gasteiger partial charge < -0.3 is 19.1 Å². The molecule has 0 bridgehead atoms. The van der Waals surface area contributed by atoms with E-state index < -0.39 is 5.97 Å². The lowest BCUT2D eigenvalue weighted by molar-refractivity contribution is -0.137. The van der Waals surface area contributed by atoms with Crippen LogP contribution in [-0.2, 0) is 11.3 Å². The number of halogens is 1. The van der Waals surface area contributed by atoms with Crippen LogP contribution in [0.2, 0.25) is 5.02 Å². The van der Waals surface area contributed by atoms with Crippen molar-refractivity contribution in [1.82, 2.24) is 15.0 Å². The predicted molar refractivity (Wildman–Crippen MR) is 119 cm³/mol. The summed E-state index contributed by atoms with van der Waals surface area (Å²) in [5.74, 6) is 1.37. The van der Waals surface area contributed by atoms with Gasteiger partial charge in [-0.25, -0.2) is 0 Å². The van der Waals surface area contributed by atoms with Crippen molar-refractivity contribution in [1.29, 1.82) is 0 Å². The summed E-state index contributed by atoms with van der Waals surface area (Å²) in [4.78, 5) is 17.5. The second-order valence-corrected chi connectivity index (χ2v) is 8.23. The Morgan fingerprint density at radius 1 is 1.25 bits per heavy atom. The van der Waals surface area contributed by atoms with E-state index in [0.29, 0.717) is 54.3 Å². The maximum Gasteiger partial charge on any atom is 0.304 e. The number of ether oxygens (including phenoxy) is 2. The molecule has 0 amide bonds. The summed E-state index contributed by atoms with van der Waals surface area (Å²) in [6.45, 7) is 6.10. The molecule has 0 unspecified atom stereocenters. The van der Waals surface area contributed by atoms with Gasteiger partial charge in [-0.05, 0) is 50.2 Å². The highest BCUT2D eigenvalue weighted by Crippen LogP contribution is 2.32. The number of aliphatic carboxylic acids is 1. The third kappa shape index (κ3) is 5.20. The Morgan fingerprint density at radius 2 is 2.06 bits per heavy atom. The van der Waals surface area contributed by atoms with E-state index in [4.69, 9.17) is 30.7 Å². The number of carbonyl (C=O) groups is 1. The van der Waals surface area contributed by atoms with E-state index in [1.165, 1.54) is 0 Å². The number of benzene rings is 2. The van der Waals surface area contributed by atoms with Gasteiger partial charge in [-0.1, -0.05) is 16.8 Å². The predicted octanol–water partition coefficient (Wildman–Crippen LogP) is 4.51. The molecule has 168 valence electrons. The molecule has 3 aromatic rings. The summed E-state index contributed by atoms with van der Waals surface area (Å²) >= 11 is 6.33. The minimum Gasteiger partial charge on any atom is -0.492 e. The van der Waals surface area contributed by atoms with Crippen molar-refractivity contribution in [2.24, 2.45) is 0 Å². The minimum absolute atomic E-state index is 0.0191. The zero-order chi connectivity index (χ0) is 22.7. The molecule has 32 heavy (non-hydrogen) atoms. The van der Waals surface area contributed by atoms with Crippen molar-refractivity contribution in [3.8, 4) is 34.3 Å². The van der Waals surface area contributed by atoms with Gasteiger partial charge in [0.05, 0.1) is 17.5 Å². The smallest absolute Gasteiger partial charge is 0.304 e. The van der Waals surface area contributed by atoms with Crippen LogP contribution in [0.15, 0.2) is 40.9 Å². The van der Waals surface area contributed by atoms with E-state index in [-0.39, 0.29) is 12.5 Å². The quantitative estimate of drug-likeness (QED) is 0.553. The van der Waals surface area contributed by atoms with Crippen LogP contribution >= 0.6 is 11.6 Å². The molecule has 1 N–H and O–H groups in total. The van der Waals surface area contributed by atoms with E-state index >= 15 is 0 Å². The molecule has 2 aromatic carbocycles. The summed E-state index contributed by atoms with van der Waals surface area (Å²) in [5.41, 5.74) is 2.44. The molecular formula is C23H24ClN3O5. The van der Waals surface area contributed by atoms with E-state index in [1.807, 2.05) is 38.1 Å². The van der Waals surface area contributed by atoms with Crippen LogP contribution in [0.25, 0.3) is 22.8 Å². The number of aromatic nitrogens is 2. The molecule has 0 aliphatic carbocycles. The Bertz CT molecular complexity index is 1110. The minimum atomic E-state index is -0.813. The first-order chi connectivity index (χ1) is 15.4. The molecule has 0 spiro atoms. The van der Waals surface area contributed by atoms with E-state index in [2.05, 4.69) is 15.0 Å². The SMILES string of the molecule is CC(C)Oc1ccc(-c2nc(-c3ccc4c(c3)CN(CCC(=O)O)CCO4)no2)cc1Cl. The maximum atomic E-state index is 10.9. The largest absolute Gasteiger partial charge is 0.492 e. The van der Waals surface area contributed by atoms with Crippen molar-refractivity contribution in [3.05, 3.63) is 47.0 Å². The van der Waals surface area contributed by atoms with Crippen LogP contribution in [-0.4, -0.2) is 51.9 Å². The molecule has 8 nitrogen and oxygen atoms in total. The molecule has 0 atom stereocenters. The molecule has 0 radical (unpaired) electrons. The van der Waals surface area contributed by atoms with Crippen LogP contribution in [0.3, 0.4) is 0 Å². The maximum absolute atomic E-state index is 10.9. The van der Waals surface area contributed by atoms with Gasteiger partial charge in [0.2, 0.25) is 5.82 Å². The number of hydrogen-bond donors (Lipinski definition) is 1. The lowest BCUT2D eigenvalue weighted by atomic mass is 10.1. The van der Waals surface area contributed by atoms with E-state index in [9.17, 15) is 4.79 Å². The average molecular weight is 458 g/mol. The summed E-state index contributed by atoms with van der Waals surface area (Å²) in [6.07, 6.45) is 0.109. The first-order valence-corrected chi connectivity index (χ1v) is 10.8. The van der Waals surface area contributed by atoms with Crippen molar-refractivity contribution < 1.29 is 23.9 Å². The van der Waals surface area contributed by atoms with Gasteiger partial charge in [-0.3, -0.25) is 9.69 Å². The third-order valence-corrected chi connectivity index (χ3v) is 5.28. The Balaban J connectivity index is 1.55. The highest BCUT2D eigenvalue weighted by atomic mass is 35.5. The number of hydrogen-bond acceptors (Lipinski definition) is 7. The standard InChI is InChI=1S/C23H24ClN3O5/c1-14(2)31-20-6-4-16(12-18(20)24)23-25-22(26-32-23)15-3-5-19-17(11-15)13-27(9-10-30-19)8-7-21(28)29/h3-6,11-12,14H,7-10,13H2,1-2H3,(H,28,29). The zero-order valence-corrected chi connectivity index (χ0v) is 18.6. The fourth-order valence-corrected chi connectivity index (χ4v) is 3.70. The van der Waals surface area contributed by atoms with Crippen LogP contribution in [0, 0.1) is 0 Å². The molecule has 9 heteroatoms. The first kappa shape index (κ1) is 22.1. The molecule has 0 saturated heterocycles. The van der Waals surface area contributed by atoms with Gasteiger partial charge in [0.25, 0.3) is 5.89 Å². The van der Waals surface area contributed by atoms with Crippen LogP contribution in [0.4, 0.5) is 0 Å². The number of carboxylic acids is 1. The van der Waals surface area contributed by atoms with Crippen molar-refractivity contribution >= 4 is 17.6 Å². The fourth-order valence-electron chi connectivity index (χ4n) is 3.47. The number of carboxylic acid groups (broad SMARTS) is 1. The van der Waals surface area contributed by atoms with Crippen LogP contribution in [0.1, 0.15) is 25.8 Å². The third-order valence-electron chi connectivity index (χ3n) is 4.99. The van der Waals surface area contributed by atoms with E-state index in [1.54, 1.807) is 12.1 Å². The Kier molecular flexibility index (Phi) is 6.62. The Morgan fingerprint density at radius 3 is 2.81 bits per heavy atom. The van der Waals surface area contributed by atoms with Gasteiger partial charge in [-0.15, -0.1) is 0 Å². The molecule has 1 aliphatic heterocycles. The number of rotatable bonds is 7. The summed E-state index contributed by atoms with van der Waals surface area (Å²) in [6, 6.07) is 11.1. The Labute approximate surface area is 190 Å². The molecule has 2 heterocycles. The zero-order valence-electron chi connectivity index (χ0n) is 17.9. The summed E-state index contributed by atoms with van der Waals surface area (Å²) in [7, 11) is 0. The topological polar surface area (TPSA) is 97.9 Å². The molecule has 1 aromatic heterocycles. The lowest BCUT2D eigenvalue weighted by Crippen LogP contribution is -2.28. The highest BCUT2D eigenvalue weighted by Gasteiger charge is 2.19. The van der Waals surface area contributed by atoms with Gasteiger partial charge in [0, 0.05) is 36.3 Å². The summed E-state index contributed by atoms with van der Waals surface area (Å²) in [5, 5.41) is 13.6. The van der Waals surface area contributed by atoms with Gasteiger partial charge in [0.15, 0.2) is 0 Å². The fraction of sp³-hybridized carbons (Fsp3) is 0.348. The van der Waals surface area contributed by atoms with Gasteiger partial charge >= 0.3 is 5.97 Å². The molecule has 4 rings (SSSR count). The van der Waals surface area contributed by atoms with Crippen molar-refractivity contribution in [2.75, 3.05) is 19.7 Å². The highest BCUT2D eigenvalue weighted by molar-refractivity contribution is 6.32. The van der Waals surface area contributed by atoms with Crippen molar-refractivity contribution in [2.45, 2.75) is 32.9 Å². The van der Waals surface area contributed by atoms with Crippen LogP contribution in [0.5, 0.6) is 11.5 Å². The molecule has 0 saturated carbocycles. The molecule has 1 aliphatic rings. The second kappa shape index (κ2) is 9.58. The summed E-state index contributed by atoms with van der Waals surface area (Å²) < 4.78 is 17.0. The van der Waals surface area contributed by atoms with Gasteiger partial charge in [0.1, 0.15) is 18.1 Å². The number of fused-ring (bicyclic) bond motifs is 1. The number of nitrogens with zero attached hydrogens (tertiary/aromatic N) is 3. The molecule has 0 fully saturated rings. The second-order valence-electron chi connectivity index (χ2n) is 7.83. The van der Waals surface area contributed by atoms with Gasteiger partial charge in [-0.2, -0.15) is 4.98 Å².